The summed E-state index contributed by atoms with van der Waals surface area (Å²) in [6.07, 6.45) is 22.2. The Morgan fingerprint density at radius 1 is 0.966 bits per heavy atom. The molecule has 4 heteroatoms. The van der Waals surface area contributed by atoms with Crippen molar-refractivity contribution >= 4 is 17.6 Å². The third kappa shape index (κ3) is 11.4. The first-order valence-corrected chi connectivity index (χ1v) is 12.0. The first-order chi connectivity index (χ1) is 14.1. The predicted molar refractivity (Wildman–Crippen MR) is 124 cm³/mol. The van der Waals surface area contributed by atoms with E-state index in [1.165, 1.54) is 83.1 Å². The number of unbranched alkanes of at least 4 members (excludes halogenated alkanes) is 13. The number of nitrogens with zero attached hydrogens (tertiary/aromatic N) is 1. The molecule has 0 fully saturated rings. The molecule has 1 heterocycles. The zero-order valence-electron chi connectivity index (χ0n) is 18.6. The predicted octanol–water partition coefficient (Wildman–Crippen LogP) is 8.16. The summed E-state index contributed by atoms with van der Waals surface area (Å²) in [6.45, 7) is 7.61. The summed E-state index contributed by atoms with van der Waals surface area (Å²) in [6, 6.07) is 0. The fraction of sp³-hybridized carbons (Fsp3) is 0.680. The molecule has 0 aliphatic carbocycles. The van der Waals surface area contributed by atoms with Gasteiger partial charge in [-0.05, 0) is 19.8 Å². The Bertz CT molecular complexity index is 601. The standard InChI is InChI=1S/C25H40ClNO2/c1-4-6-7-8-9-10-11-12-13-14-15-16-17-18-19-22-24(29-23(28)5-2)21(3)20-27-25(22)26/h5,20H,2,4,6-19H2,1,3H3. The van der Waals surface area contributed by atoms with Gasteiger partial charge in [-0.1, -0.05) is 109 Å². The van der Waals surface area contributed by atoms with Crippen molar-refractivity contribution in [2.45, 2.75) is 110 Å². The maximum absolute atomic E-state index is 11.6. The number of ether oxygens (including phenoxy) is 1. The summed E-state index contributed by atoms with van der Waals surface area (Å²) in [5, 5.41) is 0.428. The summed E-state index contributed by atoms with van der Waals surface area (Å²) < 4.78 is 5.39. The van der Waals surface area contributed by atoms with Crippen molar-refractivity contribution in [2.24, 2.45) is 0 Å². The molecule has 1 aromatic rings. The summed E-state index contributed by atoms with van der Waals surface area (Å²) in [4.78, 5) is 15.8. The summed E-state index contributed by atoms with van der Waals surface area (Å²) in [5.74, 6) is 0.0853. The van der Waals surface area contributed by atoms with Crippen molar-refractivity contribution in [3.63, 3.8) is 0 Å². The van der Waals surface area contributed by atoms with Crippen molar-refractivity contribution < 1.29 is 9.53 Å². The zero-order chi connectivity index (χ0) is 21.3. The Morgan fingerprint density at radius 2 is 1.45 bits per heavy atom. The van der Waals surface area contributed by atoms with Crippen LogP contribution in [0.3, 0.4) is 0 Å². The van der Waals surface area contributed by atoms with Crippen LogP contribution in [0.4, 0.5) is 0 Å². The fourth-order valence-corrected chi connectivity index (χ4v) is 3.85. The molecule has 0 saturated carbocycles. The molecule has 0 N–H and O–H groups in total. The van der Waals surface area contributed by atoms with Gasteiger partial charge in [0.25, 0.3) is 0 Å². The van der Waals surface area contributed by atoms with Crippen LogP contribution in [0.1, 0.15) is 108 Å². The van der Waals surface area contributed by atoms with Crippen molar-refractivity contribution in [2.75, 3.05) is 0 Å². The smallest absolute Gasteiger partial charge is 0.335 e. The number of carbonyl (C=O) groups is 1. The van der Waals surface area contributed by atoms with Gasteiger partial charge in [0.1, 0.15) is 10.9 Å². The largest absolute Gasteiger partial charge is 0.423 e. The molecule has 1 aromatic heterocycles. The summed E-state index contributed by atoms with van der Waals surface area (Å²) in [5.41, 5.74) is 1.66. The second kappa shape index (κ2) is 16.4. The highest BCUT2D eigenvalue weighted by Gasteiger charge is 2.15. The van der Waals surface area contributed by atoms with Gasteiger partial charge in [-0.2, -0.15) is 0 Å². The van der Waals surface area contributed by atoms with Crippen LogP contribution in [0.25, 0.3) is 0 Å². The Morgan fingerprint density at radius 3 is 1.93 bits per heavy atom. The van der Waals surface area contributed by atoms with Gasteiger partial charge < -0.3 is 4.74 Å². The number of aryl methyl sites for hydroxylation is 1. The highest BCUT2D eigenvalue weighted by atomic mass is 35.5. The van der Waals surface area contributed by atoms with E-state index >= 15 is 0 Å². The number of aromatic nitrogens is 1. The normalized spacial score (nSPS) is 10.9. The van der Waals surface area contributed by atoms with E-state index in [9.17, 15) is 4.79 Å². The van der Waals surface area contributed by atoms with E-state index in [4.69, 9.17) is 16.3 Å². The van der Waals surface area contributed by atoms with Gasteiger partial charge in [0.15, 0.2) is 0 Å². The molecule has 0 amide bonds. The van der Waals surface area contributed by atoms with Crippen LogP contribution in [0.15, 0.2) is 18.9 Å². The first kappa shape index (κ1) is 25.7. The number of hydrogen-bond donors (Lipinski definition) is 0. The van der Waals surface area contributed by atoms with Crippen LogP contribution in [0.5, 0.6) is 5.75 Å². The van der Waals surface area contributed by atoms with Crippen LogP contribution in [-0.4, -0.2) is 11.0 Å². The van der Waals surface area contributed by atoms with Gasteiger partial charge in [0.05, 0.1) is 0 Å². The molecule has 3 nitrogen and oxygen atoms in total. The average Bonchev–Trinajstić information content (AvgIpc) is 2.72. The lowest BCUT2D eigenvalue weighted by molar-refractivity contribution is -0.129. The third-order valence-corrected chi connectivity index (χ3v) is 5.73. The Hall–Kier alpha value is -1.35. The van der Waals surface area contributed by atoms with Gasteiger partial charge in [0, 0.05) is 23.4 Å². The minimum atomic E-state index is -0.461. The molecule has 0 aliphatic rings. The quantitative estimate of drug-likeness (QED) is 0.110. The van der Waals surface area contributed by atoms with Crippen LogP contribution in [0.2, 0.25) is 5.15 Å². The topological polar surface area (TPSA) is 39.2 Å². The molecule has 0 atom stereocenters. The van der Waals surface area contributed by atoms with Gasteiger partial charge in [0.2, 0.25) is 0 Å². The van der Waals surface area contributed by atoms with Gasteiger partial charge in [-0.3, -0.25) is 0 Å². The van der Waals surface area contributed by atoms with E-state index in [1.54, 1.807) is 6.20 Å². The molecule has 0 aliphatic heterocycles. The summed E-state index contributed by atoms with van der Waals surface area (Å²) in [7, 11) is 0. The minimum Gasteiger partial charge on any atom is -0.423 e. The number of halogens is 1. The van der Waals surface area contributed by atoms with Gasteiger partial charge >= 0.3 is 5.97 Å². The van der Waals surface area contributed by atoms with Crippen LogP contribution in [0, 0.1) is 6.92 Å². The third-order valence-electron chi connectivity index (χ3n) is 5.40. The van der Waals surface area contributed by atoms with Crippen molar-refractivity contribution in [3.8, 4) is 5.75 Å². The second-order valence-electron chi connectivity index (χ2n) is 8.01. The van der Waals surface area contributed by atoms with Crippen LogP contribution >= 0.6 is 11.6 Å². The Labute approximate surface area is 183 Å². The maximum Gasteiger partial charge on any atom is 0.335 e. The molecule has 164 valence electrons. The fourth-order valence-electron chi connectivity index (χ4n) is 3.62. The molecular weight excluding hydrogens is 382 g/mol. The lowest BCUT2D eigenvalue weighted by Crippen LogP contribution is -2.08. The molecule has 0 spiro atoms. The second-order valence-corrected chi connectivity index (χ2v) is 8.37. The average molecular weight is 422 g/mol. The maximum atomic E-state index is 11.6. The molecule has 0 aromatic carbocycles. The minimum absolute atomic E-state index is 0.428. The number of carbonyl (C=O) groups excluding carboxylic acids is 1. The monoisotopic (exact) mass is 421 g/mol. The van der Waals surface area contributed by atoms with Gasteiger partial charge in [-0.15, -0.1) is 0 Å². The van der Waals surface area contributed by atoms with Gasteiger partial charge in [-0.25, -0.2) is 9.78 Å². The molecule has 0 saturated heterocycles. The molecule has 0 unspecified atom stereocenters. The Balaban J connectivity index is 2.14. The Kier molecular flexibility index (Phi) is 14.6. The molecule has 0 bridgehead atoms. The number of esters is 1. The molecule has 0 radical (unpaired) electrons. The lowest BCUT2D eigenvalue weighted by atomic mass is 10.0. The van der Waals surface area contributed by atoms with E-state index in [0.717, 1.165) is 30.4 Å². The van der Waals surface area contributed by atoms with E-state index in [-0.39, 0.29) is 0 Å². The molecule has 29 heavy (non-hydrogen) atoms. The van der Waals surface area contributed by atoms with Crippen molar-refractivity contribution in [3.05, 3.63) is 35.1 Å². The highest BCUT2D eigenvalue weighted by molar-refractivity contribution is 6.30. The van der Waals surface area contributed by atoms with E-state index in [1.807, 2.05) is 6.92 Å². The van der Waals surface area contributed by atoms with E-state index in [2.05, 4.69) is 18.5 Å². The van der Waals surface area contributed by atoms with Crippen LogP contribution in [-0.2, 0) is 11.2 Å². The number of pyridine rings is 1. The van der Waals surface area contributed by atoms with Crippen LogP contribution < -0.4 is 4.74 Å². The lowest BCUT2D eigenvalue weighted by Gasteiger charge is -2.13. The zero-order valence-corrected chi connectivity index (χ0v) is 19.4. The van der Waals surface area contributed by atoms with Crippen molar-refractivity contribution in [1.82, 2.24) is 4.98 Å². The molecular formula is C25H40ClNO2. The first-order valence-electron chi connectivity index (χ1n) is 11.6. The summed E-state index contributed by atoms with van der Waals surface area (Å²) >= 11 is 6.26. The number of hydrogen-bond acceptors (Lipinski definition) is 3. The SMILES string of the molecule is C=CC(=O)Oc1c(C)cnc(Cl)c1CCCCCCCCCCCCCCCC. The van der Waals surface area contributed by atoms with E-state index < -0.39 is 5.97 Å². The highest BCUT2D eigenvalue weighted by Crippen LogP contribution is 2.30. The number of rotatable bonds is 17. The van der Waals surface area contributed by atoms with Crippen molar-refractivity contribution in [1.29, 1.82) is 0 Å². The molecule has 1 rings (SSSR count). The van der Waals surface area contributed by atoms with E-state index in [0.29, 0.717) is 10.9 Å².